The zero-order valence-electron chi connectivity index (χ0n) is 12.3. The van der Waals surface area contributed by atoms with Crippen molar-refractivity contribution in [1.82, 2.24) is 0 Å². The van der Waals surface area contributed by atoms with E-state index in [9.17, 15) is 4.79 Å². The number of thioether (sulfide) groups is 1. The molecule has 1 aromatic rings. The van der Waals surface area contributed by atoms with Crippen molar-refractivity contribution in [3.63, 3.8) is 0 Å². The fraction of sp³-hybridized carbons (Fsp3) is 0.533. The fourth-order valence-electron chi connectivity index (χ4n) is 1.88. The van der Waals surface area contributed by atoms with Gasteiger partial charge in [-0.2, -0.15) is 11.8 Å². The molecule has 0 amide bonds. The normalized spacial score (nSPS) is 12.0. The maximum Gasteiger partial charge on any atom is 0.328 e. The molecule has 0 aliphatic carbocycles. The molecule has 0 bridgehead atoms. The van der Waals surface area contributed by atoms with Crippen LogP contribution in [0.4, 0.5) is 5.69 Å². The molecule has 0 aliphatic heterocycles. The Labute approximate surface area is 130 Å². The van der Waals surface area contributed by atoms with Gasteiger partial charge in [-0.3, -0.25) is 0 Å². The van der Waals surface area contributed by atoms with Gasteiger partial charge in [-0.1, -0.05) is 18.5 Å². The van der Waals surface area contributed by atoms with Crippen molar-refractivity contribution in [1.29, 1.82) is 0 Å². The van der Waals surface area contributed by atoms with Crippen LogP contribution in [0, 0.1) is 0 Å². The Morgan fingerprint density at radius 2 is 2.00 bits per heavy atom. The number of anilines is 1. The lowest BCUT2D eigenvalue weighted by atomic mass is 10.2. The van der Waals surface area contributed by atoms with Gasteiger partial charge in [0.1, 0.15) is 6.04 Å². The summed E-state index contributed by atoms with van der Waals surface area (Å²) < 4.78 is 5.12. The summed E-state index contributed by atoms with van der Waals surface area (Å²) in [6.45, 7) is 7.04. The number of carbonyl (C=O) groups excluding carboxylic acids is 1. The molecule has 3 nitrogen and oxygen atoms in total. The number of halogens is 1. The van der Waals surface area contributed by atoms with Gasteiger partial charge in [-0.15, -0.1) is 0 Å². The van der Waals surface area contributed by atoms with Crippen LogP contribution in [0.15, 0.2) is 24.3 Å². The van der Waals surface area contributed by atoms with Crippen LogP contribution in [0.3, 0.4) is 0 Å². The zero-order chi connectivity index (χ0) is 15.0. The highest BCUT2D eigenvalue weighted by molar-refractivity contribution is 7.99. The second kappa shape index (κ2) is 9.14. The summed E-state index contributed by atoms with van der Waals surface area (Å²) in [5.41, 5.74) is 0.992. The summed E-state index contributed by atoms with van der Waals surface area (Å²) in [6, 6.07) is 7.26. The highest BCUT2D eigenvalue weighted by Crippen LogP contribution is 2.21. The molecule has 0 aliphatic rings. The third kappa shape index (κ3) is 5.25. The predicted octanol–water partition coefficient (Wildman–Crippen LogP) is 3.85. The smallest absolute Gasteiger partial charge is 0.328 e. The number of esters is 1. The summed E-state index contributed by atoms with van der Waals surface area (Å²) in [5, 5.41) is 0.695. The van der Waals surface area contributed by atoms with E-state index in [1.165, 1.54) is 0 Å². The third-order valence-corrected chi connectivity index (χ3v) is 4.07. The predicted molar refractivity (Wildman–Crippen MR) is 87.9 cm³/mol. The average molecular weight is 316 g/mol. The Balaban J connectivity index is 2.83. The van der Waals surface area contributed by atoms with Gasteiger partial charge in [0.25, 0.3) is 0 Å². The zero-order valence-corrected chi connectivity index (χ0v) is 13.8. The second-order valence-corrected chi connectivity index (χ2v) is 6.13. The molecular weight excluding hydrogens is 294 g/mol. The number of ether oxygens (including phenoxy) is 1. The number of benzene rings is 1. The van der Waals surface area contributed by atoms with E-state index in [1.807, 2.05) is 49.9 Å². The molecule has 5 heteroatoms. The Bertz CT molecular complexity index is 411. The van der Waals surface area contributed by atoms with Gasteiger partial charge in [0, 0.05) is 23.0 Å². The van der Waals surface area contributed by atoms with Crippen molar-refractivity contribution < 1.29 is 9.53 Å². The largest absolute Gasteiger partial charge is 0.464 e. The summed E-state index contributed by atoms with van der Waals surface area (Å²) in [7, 11) is 0. The highest BCUT2D eigenvalue weighted by atomic mass is 35.5. The molecule has 0 heterocycles. The van der Waals surface area contributed by atoms with E-state index in [0.29, 0.717) is 11.6 Å². The quantitative estimate of drug-likeness (QED) is 0.538. The van der Waals surface area contributed by atoms with Crippen molar-refractivity contribution in [2.24, 2.45) is 0 Å². The second-order valence-electron chi connectivity index (χ2n) is 4.29. The molecule has 20 heavy (non-hydrogen) atoms. The van der Waals surface area contributed by atoms with E-state index < -0.39 is 0 Å². The van der Waals surface area contributed by atoms with Crippen LogP contribution in [0.25, 0.3) is 0 Å². The molecule has 0 fully saturated rings. The van der Waals surface area contributed by atoms with E-state index in [-0.39, 0.29) is 12.0 Å². The minimum absolute atomic E-state index is 0.191. The lowest BCUT2D eigenvalue weighted by molar-refractivity contribution is -0.144. The monoisotopic (exact) mass is 315 g/mol. The standard InChI is InChI=1S/C15H22ClNO2S/c1-4-19-15(18)12(3)17(10-11-20-5-2)14-8-6-13(16)7-9-14/h6-9,12H,4-5,10-11H2,1-3H3/t12-/m0/s1. The van der Waals surface area contributed by atoms with Crippen molar-refractivity contribution >= 4 is 35.0 Å². The van der Waals surface area contributed by atoms with E-state index in [4.69, 9.17) is 16.3 Å². The molecule has 112 valence electrons. The number of hydrogen-bond donors (Lipinski definition) is 0. The lowest BCUT2D eigenvalue weighted by Crippen LogP contribution is -2.41. The Hall–Kier alpha value is -0.870. The third-order valence-electron chi connectivity index (χ3n) is 2.93. The molecule has 0 radical (unpaired) electrons. The molecule has 0 aromatic heterocycles. The highest BCUT2D eigenvalue weighted by Gasteiger charge is 2.22. The Morgan fingerprint density at radius 1 is 1.35 bits per heavy atom. The van der Waals surface area contributed by atoms with E-state index >= 15 is 0 Å². The van der Waals surface area contributed by atoms with E-state index in [2.05, 4.69) is 11.8 Å². The summed E-state index contributed by atoms with van der Waals surface area (Å²) >= 11 is 7.78. The molecule has 0 N–H and O–H groups in total. The fourth-order valence-corrected chi connectivity index (χ4v) is 2.62. The average Bonchev–Trinajstić information content (AvgIpc) is 2.44. The summed E-state index contributed by atoms with van der Waals surface area (Å²) in [4.78, 5) is 14.0. The van der Waals surface area contributed by atoms with Gasteiger partial charge < -0.3 is 9.64 Å². The van der Waals surface area contributed by atoms with Crippen LogP contribution in [0.2, 0.25) is 5.02 Å². The maximum atomic E-state index is 12.0. The first-order valence-corrected chi connectivity index (χ1v) is 8.40. The molecular formula is C15H22ClNO2S. The lowest BCUT2D eigenvalue weighted by Gasteiger charge is -2.29. The number of nitrogens with zero attached hydrogens (tertiary/aromatic N) is 1. The van der Waals surface area contributed by atoms with Gasteiger partial charge in [-0.25, -0.2) is 4.79 Å². The first-order chi connectivity index (χ1) is 9.60. The van der Waals surface area contributed by atoms with Crippen LogP contribution in [-0.4, -0.2) is 36.7 Å². The molecule has 1 rings (SSSR count). The van der Waals surface area contributed by atoms with Gasteiger partial charge in [0.05, 0.1) is 6.61 Å². The van der Waals surface area contributed by atoms with Crippen molar-refractivity contribution in [3.8, 4) is 0 Å². The van der Waals surface area contributed by atoms with Gasteiger partial charge in [0.15, 0.2) is 0 Å². The van der Waals surface area contributed by atoms with Crippen LogP contribution in [-0.2, 0) is 9.53 Å². The molecule has 1 aromatic carbocycles. The van der Waals surface area contributed by atoms with E-state index in [1.54, 1.807) is 0 Å². The SMILES string of the molecule is CCOC(=O)[C@H](C)N(CCSCC)c1ccc(Cl)cc1. The topological polar surface area (TPSA) is 29.5 Å². The van der Waals surface area contributed by atoms with Gasteiger partial charge in [0.2, 0.25) is 0 Å². The van der Waals surface area contributed by atoms with E-state index in [0.717, 1.165) is 23.7 Å². The van der Waals surface area contributed by atoms with Crippen LogP contribution < -0.4 is 4.90 Å². The Kier molecular flexibility index (Phi) is 7.85. The molecule has 0 spiro atoms. The van der Waals surface area contributed by atoms with Crippen LogP contribution in [0.1, 0.15) is 20.8 Å². The van der Waals surface area contributed by atoms with Crippen molar-refractivity contribution in [3.05, 3.63) is 29.3 Å². The molecule has 0 saturated carbocycles. The van der Waals surface area contributed by atoms with Gasteiger partial charge in [-0.05, 0) is 43.9 Å². The Morgan fingerprint density at radius 3 is 2.55 bits per heavy atom. The van der Waals surface area contributed by atoms with Crippen LogP contribution >= 0.6 is 23.4 Å². The molecule has 1 atom stereocenters. The summed E-state index contributed by atoms with van der Waals surface area (Å²) in [6.07, 6.45) is 0. The molecule has 0 saturated heterocycles. The minimum Gasteiger partial charge on any atom is -0.464 e. The van der Waals surface area contributed by atoms with Crippen molar-refractivity contribution in [2.45, 2.75) is 26.8 Å². The first kappa shape index (κ1) is 17.2. The maximum absolute atomic E-state index is 12.0. The van der Waals surface area contributed by atoms with Crippen LogP contribution in [0.5, 0.6) is 0 Å². The minimum atomic E-state index is -0.298. The molecule has 0 unspecified atom stereocenters. The van der Waals surface area contributed by atoms with Gasteiger partial charge >= 0.3 is 5.97 Å². The number of carbonyl (C=O) groups is 1. The number of hydrogen-bond acceptors (Lipinski definition) is 4. The summed E-state index contributed by atoms with van der Waals surface area (Å²) in [5.74, 6) is 1.86. The first-order valence-electron chi connectivity index (χ1n) is 6.86. The number of rotatable bonds is 8. The van der Waals surface area contributed by atoms with Crippen molar-refractivity contribution in [2.75, 3.05) is 29.6 Å².